The van der Waals surface area contributed by atoms with Gasteiger partial charge in [0.15, 0.2) is 0 Å². The molecule has 1 aromatic heterocycles. The Hall–Kier alpha value is -3.20. The number of rotatable bonds is 5. The summed E-state index contributed by atoms with van der Waals surface area (Å²) >= 11 is 0. The van der Waals surface area contributed by atoms with E-state index in [9.17, 15) is 13.2 Å². The third kappa shape index (κ3) is 4.45. The van der Waals surface area contributed by atoms with Crippen LogP contribution < -0.4 is 9.62 Å². The van der Waals surface area contributed by atoms with E-state index in [0.717, 1.165) is 0 Å². The molecule has 1 heterocycles. The monoisotopic (exact) mass is 414 g/mol. The van der Waals surface area contributed by atoms with E-state index in [1.165, 1.54) is 35.6 Å². The van der Waals surface area contributed by atoms with Crippen LogP contribution in [-0.4, -0.2) is 31.6 Å². The van der Waals surface area contributed by atoms with E-state index < -0.39 is 15.9 Å². The summed E-state index contributed by atoms with van der Waals surface area (Å²) in [5.74, 6) is -0.0762. The van der Waals surface area contributed by atoms with Crippen molar-refractivity contribution >= 4 is 27.6 Å². The Labute approximate surface area is 169 Å². The number of hydrogen-bond acceptors (Lipinski definition) is 6. The van der Waals surface area contributed by atoms with Crippen LogP contribution in [0.4, 0.5) is 11.7 Å². The van der Waals surface area contributed by atoms with Crippen molar-refractivity contribution in [2.24, 2.45) is 0 Å². The Morgan fingerprint density at radius 2 is 1.62 bits per heavy atom. The number of anilines is 2. The van der Waals surface area contributed by atoms with E-state index in [1.807, 2.05) is 26.8 Å². The summed E-state index contributed by atoms with van der Waals surface area (Å²) in [5, 5.41) is 10.2. The summed E-state index contributed by atoms with van der Waals surface area (Å²) < 4.78 is 32.2. The molecular weight excluding hydrogens is 392 g/mol. The summed E-state index contributed by atoms with van der Waals surface area (Å²) in [6.45, 7) is 5.74. The highest BCUT2D eigenvalue weighted by Crippen LogP contribution is 2.23. The topological polar surface area (TPSA) is 105 Å². The molecule has 9 heteroatoms. The number of carbonyl (C=O) groups excluding carboxylic acids is 1. The molecule has 2 aromatic carbocycles. The SMILES string of the molecule is CN(c1ccccc1)S(=O)(=O)c1ccc(C(=O)Nc2nnc(C(C)(C)C)o2)cc1. The molecule has 8 nitrogen and oxygen atoms in total. The van der Waals surface area contributed by atoms with E-state index in [2.05, 4.69) is 15.5 Å². The fourth-order valence-electron chi connectivity index (χ4n) is 2.46. The van der Waals surface area contributed by atoms with Gasteiger partial charge in [0.2, 0.25) is 5.89 Å². The van der Waals surface area contributed by atoms with Crippen LogP contribution in [0.15, 0.2) is 63.9 Å². The zero-order valence-corrected chi connectivity index (χ0v) is 17.4. The normalized spacial score (nSPS) is 11.9. The van der Waals surface area contributed by atoms with E-state index in [4.69, 9.17) is 4.42 Å². The van der Waals surface area contributed by atoms with Gasteiger partial charge >= 0.3 is 6.01 Å². The first-order valence-electron chi connectivity index (χ1n) is 8.88. The molecule has 152 valence electrons. The first-order valence-corrected chi connectivity index (χ1v) is 10.3. The molecule has 0 saturated heterocycles. The minimum absolute atomic E-state index is 0.0135. The van der Waals surface area contributed by atoms with E-state index in [0.29, 0.717) is 11.6 Å². The predicted molar refractivity (Wildman–Crippen MR) is 109 cm³/mol. The molecule has 0 spiro atoms. The fraction of sp³-hybridized carbons (Fsp3) is 0.250. The first-order chi connectivity index (χ1) is 13.6. The molecule has 0 radical (unpaired) electrons. The number of sulfonamides is 1. The average molecular weight is 414 g/mol. The number of benzene rings is 2. The lowest BCUT2D eigenvalue weighted by molar-refractivity contribution is 0.102. The number of hydrogen-bond donors (Lipinski definition) is 1. The van der Waals surface area contributed by atoms with Crippen LogP contribution in [0.3, 0.4) is 0 Å². The van der Waals surface area contributed by atoms with E-state index in [1.54, 1.807) is 24.3 Å². The lowest BCUT2D eigenvalue weighted by Crippen LogP contribution is -2.26. The van der Waals surface area contributed by atoms with Gasteiger partial charge in [0.1, 0.15) is 0 Å². The Balaban J connectivity index is 1.75. The van der Waals surface area contributed by atoms with Gasteiger partial charge in [-0.25, -0.2) is 8.42 Å². The second-order valence-electron chi connectivity index (χ2n) is 7.45. The lowest BCUT2D eigenvalue weighted by atomic mass is 9.97. The van der Waals surface area contributed by atoms with Crippen LogP contribution in [0.2, 0.25) is 0 Å². The summed E-state index contributed by atoms with van der Waals surface area (Å²) in [5.41, 5.74) is 0.471. The Bertz CT molecular complexity index is 1100. The Morgan fingerprint density at radius 3 is 2.17 bits per heavy atom. The number of para-hydroxylation sites is 1. The molecule has 0 aliphatic heterocycles. The summed E-state index contributed by atoms with van der Waals surface area (Å²) in [6.07, 6.45) is 0. The standard InChI is InChI=1S/C20H22N4O4S/c1-20(2,3)18-22-23-19(28-18)21-17(25)14-10-12-16(13-11-14)29(26,27)24(4)15-8-6-5-7-9-15/h5-13H,1-4H3,(H,21,23,25). The van der Waals surface area contributed by atoms with Crippen LogP contribution in [0, 0.1) is 0 Å². The minimum Gasteiger partial charge on any atom is -0.407 e. The van der Waals surface area contributed by atoms with Crippen molar-refractivity contribution in [2.45, 2.75) is 31.1 Å². The smallest absolute Gasteiger partial charge is 0.322 e. The molecule has 0 saturated carbocycles. The largest absolute Gasteiger partial charge is 0.407 e. The Kier molecular flexibility index (Phi) is 5.43. The minimum atomic E-state index is -3.75. The van der Waals surface area contributed by atoms with Crippen LogP contribution >= 0.6 is 0 Å². The van der Waals surface area contributed by atoms with Crippen molar-refractivity contribution in [2.75, 3.05) is 16.7 Å². The second kappa shape index (κ2) is 7.67. The molecule has 29 heavy (non-hydrogen) atoms. The molecule has 1 N–H and O–H groups in total. The third-order valence-corrected chi connectivity index (χ3v) is 5.98. The van der Waals surface area contributed by atoms with Gasteiger partial charge in [0, 0.05) is 18.0 Å². The maximum Gasteiger partial charge on any atom is 0.322 e. The molecular formula is C20H22N4O4S. The number of amides is 1. The molecule has 0 aliphatic rings. The maximum absolute atomic E-state index is 12.8. The zero-order chi connectivity index (χ0) is 21.2. The fourth-order valence-corrected chi connectivity index (χ4v) is 3.65. The van der Waals surface area contributed by atoms with Crippen LogP contribution in [0.5, 0.6) is 0 Å². The number of aromatic nitrogens is 2. The summed E-state index contributed by atoms with van der Waals surface area (Å²) in [4.78, 5) is 12.5. The lowest BCUT2D eigenvalue weighted by Gasteiger charge is -2.19. The number of nitrogens with one attached hydrogen (secondary N) is 1. The predicted octanol–water partition coefficient (Wildman–Crippen LogP) is 3.44. The average Bonchev–Trinajstić information content (AvgIpc) is 3.17. The van der Waals surface area contributed by atoms with Gasteiger partial charge in [0.25, 0.3) is 15.9 Å². The van der Waals surface area contributed by atoms with Crippen molar-refractivity contribution in [3.63, 3.8) is 0 Å². The van der Waals surface area contributed by atoms with E-state index in [-0.39, 0.29) is 21.9 Å². The van der Waals surface area contributed by atoms with Gasteiger partial charge in [0.05, 0.1) is 10.6 Å². The number of nitrogens with zero attached hydrogens (tertiary/aromatic N) is 3. The van der Waals surface area contributed by atoms with Gasteiger partial charge in [-0.1, -0.05) is 44.1 Å². The van der Waals surface area contributed by atoms with Gasteiger partial charge < -0.3 is 4.42 Å². The van der Waals surface area contributed by atoms with Crippen LogP contribution in [-0.2, 0) is 15.4 Å². The van der Waals surface area contributed by atoms with Gasteiger partial charge in [-0.05, 0) is 36.4 Å². The van der Waals surface area contributed by atoms with Crippen molar-refractivity contribution < 1.29 is 17.6 Å². The highest BCUT2D eigenvalue weighted by Gasteiger charge is 2.23. The molecule has 0 fully saturated rings. The Morgan fingerprint density at radius 1 is 1.00 bits per heavy atom. The molecule has 0 bridgehead atoms. The van der Waals surface area contributed by atoms with Crippen molar-refractivity contribution in [3.05, 3.63) is 66.1 Å². The maximum atomic E-state index is 12.8. The molecule has 3 rings (SSSR count). The van der Waals surface area contributed by atoms with Crippen molar-refractivity contribution in [1.29, 1.82) is 0 Å². The van der Waals surface area contributed by atoms with Gasteiger partial charge in [-0.2, -0.15) is 0 Å². The highest BCUT2D eigenvalue weighted by molar-refractivity contribution is 7.92. The second-order valence-corrected chi connectivity index (χ2v) is 9.42. The molecule has 1 amide bonds. The number of carbonyl (C=O) groups is 1. The summed E-state index contributed by atoms with van der Waals surface area (Å²) in [7, 11) is -2.27. The van der Waals surface area contributed by atoms with Crippen LogP contribution in [0.1, 0.15) is 37.0 Å². The summed E-state index contributed by atoms with van der Waals surface area (Å²) in [6, 6.07) is 14.4. The zero-order valence-electron chi connectivity index (χ0n) is 16.6. The quantitative estimate of drug-likeness (QED) is 0.686. The molecule has 0 aliphatic carbocycles. The van der Waals surface area contributed by atoms with Crippen molar-refractivity contribution in [3.8, 4) is 0 Å². The molecule has 3 aromatic rings. The first kappa shape index (κ1) is 20.5. The van der Waals surface area contributed by atoms with Gasteiger partial charge in [-0.3, -0.25) is 14.4 Å². The van der Waals surface area contributed by atoms with Gasteiger partial charge in [-0.15, -0.1) is 5.10 Å². The highest BCUT2D eigenvalue weighted by atomic mass is 32.2. The van der Waals surface area contributed by atoms with Crippen molar-refractivity contribution in [1.82, 2.24) is 10.2 Å². The molecule has 0 unspecified atom stereocenters. The molecule has 0 atom stereocenters. The van der Waals surface area contributed by atoms with E-state index >= 15 is 0 Å². The van der Waals surface area contributed by atoms with Crippen LogP contribution in [0.25, 0.3) is 0 Å². The third-order valence-electron chi connectivity index (χ3n) is 4.18.